The van der Waals surface area contributed by atoms with Crippen molar-refractivity contribution in [3.8, 4) is 0 Å². The summed E-state index contributed by atoms with van der Waals surface area (Å²) in [6.07, 6.45) is 15.6. The van der Waals surface area contributed by atoms with E-state index in [1.165, 1.54) is 81.7 Å². The van der Waals surface area contributed by atoms with Crippen molar-refractivity contribution in [2.24, 2.45) is 0 Å². The Balaban J connectivity index is 2.03. The Labute approximate surface area is 219 Å². The maximum atomic E-state index is 12.4. The number of rotatable bonds is 19. The molecule has 0 spiro atoms. The minimum atomic E-state index is -0.762. The van der Waals surface area contributed by atoms with E-state index >= 15 is 0 Å². The Morgan fingerprint density at radius 3 is 2.06 bits per heavy atom. The topological polar surface area (TPSA) is 72.9 Å². The Bertz CT molecular complexity index is 663. The summed E-state index contributed by atoms with van der Waals surface area (Å²) >= 11 is 8.47. The largest absolute Gasteiger partial charge is 0.462 e. The van der Waals surface area contributed by atoms with Crippen LogP contribution in [-0.2, 0) is 23.9 Å². The number of carbonyl (C=O) groups excluding carboxylic acids is 3. The molecule has 0 aromatic carbocycles. The molecule has 0 unspecified atom stereocenters. The maximum absolute atomic E-state index is 12.4. The molecule has 34 heavy (non-hydrogen) atoms. The third-order valence-electron chi connectivity index (χ3n) is 5.37. The van der Waals surface area contributed by atoms with Crippen LogP contribution in [0.25, 0.3) is 0 Å². The molecule has 0 aromatic heterocycles. The predicted octanol–water partition coefficient (Wildman–Crippen LogP) is 5.92. The van der Waals surface area contributed by atoms with Gasteiger partial charge < -0.3 is 9.47 Å². The van der Waals surface area contributed by atoms with Crippen molar-refractivity contribution in [2.75, 3.05) is 32.1 Å². The van der Waals surface area contributed by atoms with Gasteiger partial charge in [0.15, 0.2) is 0 Å². The minimum absolute atomic E-state index is 0.113. The van der Waals surface area contributed by atoms with Gasteiger partial charge in [-0.15, -0.1) is 11.8 Å². The molecule has 0 aromatic rings. The number of imide groups is 1. The number of carbonyl (C=O) groups is 3. The smallest absolute Gasteiger partial charge is 0.322 e. The van der Waals surface area contributed by atoms with E-state index in [1.807, 2.05) is 13.8 Å². The van der Waals surface area contributed by atoms with E-state index in [2.05, 4.69) is 6.92 Å². The normalized spacial score (nSPS) is 13.7. The monoisotopic (exact) mass is 531 g/mol. The van der Waals surface area contributed by atoms with E-state index in [1.54, 1.807) is 11.8 Å². The number of amides is 2. The first-order valence-electron chi connectivity index (χ1n) is 12.4. The zero-order valence-corrected chi connectivity index (χ0v) is 23.4. The molecular weight excluding hydrogens is 490 g/mol. The van der Waals surface area contributed by atoms with Crippen LogP contribution in [0.4, 0.5) is 0 Å². The molecule has 194 valence electrons. The molecule has 0 atom stereocenters. The second-order valence-electron chi connectivity index (χ2n) is 8.80. The molecule has 2 amide bonds. The predicted molar refractivity (Wildman–Crippen MR) is 146 cm³/mol. The number of thiocarbonyl (C=S) groups is 1. The molecule has 6 nitrogen and oxygen atoms in total. The van der Waals surface area contributed by atoms with E-state index < -0.39 is 4.75 Å². The van der Waals surface area contributed by atoms with Gasteiger partial charge in [-0.1, -0.05) is 88.7 Å². The molecule has 0 aliphatic carbocycles. The molecule has 9 heteroatoms. The Hall–Kier alpha value is -0.900. The van der Waals surface area contributed by atoms with Crippen LogP contribution in [0.1, 0.15) is 85.0 Å². The fraction of sp³-hybridized carbons (Fsp3) is 0.760. The molecule has 0 fully saturated rings. The van der Waals surface area contributed by atoms with Crippen LogP contribution < -0.4 is 0 Å². The standard InChI is InChI=1S/C25H41NO5S3/c1-4-5-6-7-8-9-10-11-12-13-20-33-24(32)34-25(2,3)23(29)31-19-18-30-17-16-26-21(27)14-15-22(26)28/h14-15H,4-13,16-20H2,1-3H3. The van der Waals surface area contributed by atoms with Crippen LogP contribution in [0.5, 0.6) is 0 Å². The van der Waals surface area contributed by atoms with Gasteiger partial charge in [-0.05, 0) is 26.0 Å². The highest BCUT2D eigenvalue weighted by Crippen LogP contribution is 2.32. The van der Waals surface area contributed by atoms with Gasteiger partial charge in [-0.25, -0.2) is 0 Å². The zero-order valence-electron chi connectivity index (χ0n) is 21.0. The third kappa shape index (κ3) is 13.9. The molecule has 1 aliphatic rings. The lowest BCUT2D eigenvalue weighted by Gasteiger charge is -2.22. The lowest BCUT2D eigenvalue weighted by Crippen LogP contribution is -2.34. The molecule has 0 bridgehead atoms. The average Bonchev–Trinajstić information content (AvgIpc) is 3.11. The highest BCUT2D eigenvalue weighted by Gasteiger charge is 2.32. The van der Waals surface area contributed by atoms with Crippen LogP contribution in [0.15, 0.2) is 12.2 Å². The number of hydrogen-bond donors (Lipinski definition) is 0. The number of thioether (sulfide) groups is 2. The summed E-state index contributed by atoms with van der Waals surface area (Å²) in [4.78, 5) is 36.4. The van der Waals surface area contributed by atoms with Crippen molar-refractivity contribution in [1.29, 1.82) is 0 Å². The SMILES string of the molecule is CCCCCCCCCCCCSC(=S)SC(C)(C)C(=O)OCCOCCN1C(=O)C=CC1=O. The van der Waals surface area contributed by atoms with E-state index in [-0.39, 0.29) is 44.1 Å². The van der Waals surface area contributed by atoms with Gasteiger partial charge in [0.2, 0.25) is 0 Å². The molecule has 1 heterocycles. The summed E-state index contributed by atoms with van der Waals surface area (Å²) in [6.45, 7) is 6.58. The molecular formula is C25H41NO5S3. The zero-order chi connectivity index (χ0) is 25.2. The number of nitrogens with zero attached hydrogens (tertiary/aromatic N) is 1. The van der Waals surface area contributed by atoms with E-state index in [0.29, 0.717) is 0 Å². The van der Waals surface area contributed by atoms with Crippen LogP contribution in [0.2, 0.25) is 0 Å². The second kappa shape index (κ2) is 18.4. The number of hydrogen-bond acceptors (Lipinski definition) is 8. The van der Waals surface area contributed by atoms with E-state index in [4.69, 9.17) is 21.7 Å². The van der Waals surface area contributed by atoms with E-state index in [9.17, 15) is 14.4 Å². The summed E-state index contributed by atoms with van der Waals surface area (Å²) in [5.41, 5.74) is 0. The average molecular weight is 532 g/mol. The van der Waals surface area contributed by atoms with Crippen molar-refractivity contribution in [3.05, 3.63) is 12.2 Å². The summed E-state index contributed by atoms with van der Waals surface area (Å²) in [5, 5.41) is 0. The van der Waals surface area contributed by atoms with Crippen LogP contribution in [0.3, 0.4) is 0 Å². The molecule has 1 aliphatic heterocycles. The van der Waals surface area contributed by atoms with Gasteiger partial charge >= 0.3 is 5.97 Å². The van der Waals surface area contributed by atoms with Crippen molar-refractivity contribution < 1.29 is 23.9 Å². The number of unbranched alkanes of at least 4 members (excludes halogenated alkanes) is 9. The fourth-order valence-corrected chi connectivity index (χ4v) is 6.36. The van der Waals surface area contributed by atoms with Gasteiger partial charge in [-0.3, -0.25) is 19.3 Å². The molecule has 0 N–H and O–H groups in total. The van der Waals surface area contributed by atoms with Crippen LogP contribution in [0, 0.1) is 0 Å². The van der Waals surface area contributed by atoms with Crippen molar-refractivity contribution in [3.63, 3.8) is 0 Å². The van der Waals surface area contributed by atoms with Crippen LogP contribution >= 0.6 is 35.7 Å². The first kappa shape index (κ1) is 31.1. The summed E-state index contributed by atoms with van der Waals surface area (Å²) in [6, 6.07) is 0. The number of esters is 1. The van der Waals surface area contributed by atoms with Gasteiger partial charge in [0, 0.05) is 12.2 Å². The fourth-order valence-electron chi connectivity index (χ4n) is 3.30. The van der Waals surface area contributed by atoms with Crippen molar-refractivity contribution >= 4 is 57.1 Å². The third-order valence-corrected chi connectivity index (χ3v) is 8.15. The Morgan fingerprint density at radius 2 is 1.47 bits per heavy atom. The molecule has 0 radical (unpaired) electrons. The van der Waals surface area contributed by atoms with Crippen molar-refractivity contribution in [2.45, 2.75) is 89.7 Å². The minimum Gasteiger partial charge on any atom is -0.462 e. The van der Waals surface area contributed by atoms with Gasteiger partial charge in [-0.2, -0.15) is 0 Å². The highest BCUT2D eigenvalue weighted by molar-refractivity contribution is 8.47. The maximum Gasteiger partial charge on any atom is 0.322 e. The Morgan fingerprint density at radius 1 is 0.912 bits per heavy atom. The molecule has 0 saturated carbocycles. The molecule has 0 saturated heterocycles. The second-order valence-corrected chi connectivity index (χ2v) is 12.7. The Kier molecular flexibility index (Phi) is 16.8. The van der Waals surface area contributed by atoms with Gasteiger partial charge in [0.05, 0.1) is 19.8 Å². The van der Waals surface area contributed by atoms with Gasteiger partial charge in [0.25, 0.3) is 11.8 Å². The van der Waals surface area contributed by atoms with Crippen molar-refractivity contribution in [1.82, 2.24) is 4.90 Å². The summed E-state index contributed by atoms with van der Waals surface area (Å²) in [5.74, 6) is -0.0162. The molecule has 1 rings (SSSR count). The van der Waals surface area contributed by atoms with Crippen LogP contribution in [-0.4, -0.2) is 63.1 Å². The number of ether oxygens (including phenoxy) is 2. The van der Waals surface area contributed by atoms with Gasteiger partial charge in [0.1, 0.15) is 14.9 Å². The summed E-state index contributed by atoms with van der Waals surface area (Å²) < 4.78 is 10.7. The lowest BCUT2D eigenvalue weighted by molar-refractivity contribution is -0.147. The lowest BCUT2D eigenvalue weighted by atomic mass is 10.1. The highest BCUT2D eigenvalue weighted by atomic mass is 32.2. The first-order chi connectivity index (χ1) is 16.3. The van der Waals surface area contributed by atoms with E-state index in [0.717, 1.165) is 20.6 Å². The summed E-state index contributed by atoms with van der Waals surface area (Å²) in [7, 11) is 0. The first-order valence-corrected chi connectivity index (χ1v) is 14.6. The quantitative estimate of drug-likeness (QED) is 0.0880.